The van der Waals surface area contributed by atoms with Gasteiger partial charge in [0.15, 0.2) is 0 Å². The summed E-state index contributed by atoms with van der Waals surface area (Å²) in [4.78, 5) is 4.43. The Balaban J connectivity index is 1.34. The number of rotatable bonds is 5. The van der Waals surface area contributed by atoms with Gasteiger partial charge in [0, 0.05) is 22.7 Å². The van der Waals surface area contributed by atoms with Crippen LogP contribution in [0.2, 0.25) is 0 Å². The molecule has 0 fully saturated rings. The molecule has 0 N–H and O–H groups in total. The van der Waals surface area contributed by atoms with Gasteiger partial charge in [-0.3, -0.25) is 4.99 Å². The molecule has 1 atom stereocenters. The van der Waals surface area contributed by atoms with E-state index in [1.807, 2.05) is 42.8 Å². The number of fused-ring (bicyclic) bond motifs is 2. The molecule has 0 saturated heterocycles. The fourth-order valence-electron chi connectivity index (χ4n) is 2.99. The first-order valence-electron chi connectivity index (χ1n) is 8.61. The van der Waals surface area contributed by atoms with Crippen LogP contribution in [0, 0.1) is 0 Å². The summed E-state index contributed by atoms with van der Waals surface area (Å²) in [6.45, 7) is 0. The number of aliphatic imine (C=N–C) groups is 1. The highest BCUT2D eigenvalue weighted by Crippen LogP contribution is 2.30. The van der Waals surface area contributed by atoms with E-state index in [-0.39, 0.29) is 5.92 Å². The van der Waals surface area contributed by atoms with Gasteiger partial charge in [-0.1, -0.05) is 58.0 Å². The topological polar surface area (TPSA) is 72.7 Å². The maximum atomic E-state index is 4.52. The number of para-hydroxylation sites is 1. The summed E-state index contributed by atoms with van der Waals surface area (Å²) in [6.07, 6.45) is 5.38. The van der Waals surface area contributed by atoms with Crippen LogP contribution in [0.1, 0.15) is 17.0 Å². The molecular weight excluding hydrogens is 438 g/mol. The van der Waals surface area contributed by atoms with Crippen LogP contribution in [0.5, 0.6) is 0 Å². The largest absolute Gasteiger partial charge is 0.275 e. The monoisotopic (exact) mass is 451 g/mol. The highest BCUT2D eigenvalue weighted by atomic mass is 79.9. The van der Waals surface area contributed by atoms with Crippen LogP contribution in [0.4, 0.5) is 5.69 Å². The summed E-state index contributed by atoms with van der Waals surface area (Å²) in [5, 5.41) is 18.1. The summed E-state index contributed by atoms with van der Waals surface area (Å²) in [6, 6.07) is 16.3. The third-order valence-corrected chi connectivity index (χ3v) is 5.84. The highest BCUT2D eigenvalue weighted by Gasteiger charge is 2.17. The van der Waals surface area contributed by atoms with E-state index in [2.05, 4.69) is 59.5 Å². The molecule has 3 heterocycles. The third-order valence-electron chi connectivity index (χ3n) is 4.36. The van der Waals surface area contributed by atoms with E-state index in [1.165, 1.54) is 5.56 Å². The molecule has 0 saturated carbocycles. The van der Waals surface area contributed by atoms with Crippen molar-refractivity contribution in [1.82, 2.24) is 24.5 Å². The van der Waals surface area contributed by atoms with Gasteiger partial charge < -0.3 is 0 Å². The summed E-state index contributed by atoms with van der Waals surface area (Å²) >= 11 is 5.08. The van der Waals surface area contributed by atoms with Crippen molar-refractivity contribution in [3.05, 3.63) is 70.5 Å². The molecule has 138 valence electrons. The lowest BCUT2D eigenvalue weighted by atomic mass is 10.0. The average Bonchev–Trinajstić information content (AvgIpc) is 3.41. The van der Waals surface area contributed by atoms with Gasteiger partial charge in [0.2, 0.25) is 5.16 Å². The molecule has 2 aromatic heterocycles. The zero-order chi connectivity index (χ0) is 18.9. The van der Waals surface area contributed by atoms with Crippen molar-refractivity contribution in [2.24, 2.45) is 10.1 Å². The second-order valence-electron chi connectivity index (χ2n) is 6.22. The fourth-order valence-corrected chi connectivity index (χ4v) is 4.26. The molecular formula is C19H14BrN7S. The number of nitrogens with zero attached hydrogens (tertiary/aromatic N) is 7. The van der Waals surface area contributed by atoms with Crippen molar-refractivity contribution in [3.63, 3.8) is 0 Å². The normalized spacial score (nSPS) is 15.7. The average molecular weight is 452 g/mol. The van der Waals surface area contributed by atoms with Gasteiger partial charge in [-0.25, -0.2) is 0 Å². The minimum absolute atomic E-state index is 0.0481. The predicted molar refractivity (Wildman–Crippen MR) is 114 cm³/mol. The Bertz CT molecular complexity index is 1210. The van der Waals surface area contributed by atoms with Gasteiger partial charge in [0.25, 0.3) is 5.78 Å². The van der Waals surface area contributed by atoms with E-state index < -0.39 is 0 Å². The van der Waals surface area contributed by atoms with E-state index in [4.69, 9.17) is 0 Å². The van der Waals surface area contributed by atoms with Gasteiger partial charge in [-0.2, -0.15) is 19.4 Å². The molecule has 9 heteroatoms. The Morgan fingerprint density at radius 3 is 3.00 bits per heavy atom. The van der Waals surface area contributed by atoms with Gasteiger partial charge in [-0.15, -0.1) is 10.2 Å². The van der Waals surface area contributed by atoms with Crippen LogP contribution in [0.3, 0.4) is 0 Å². The van der Waals surface area contributed by atoms with Gasteiger partial charge >= 0.3 is 0 Å². The standard InChI is InChI=1S/C19H14BrN7S/c20-15-5-3-4-13(8-15)11-28-19-25-24-18-26(12-23-27(18)19)22-10-14-9-21-17-7-2-1-6-16(14)17/h1-10,12,14H,11H2/b22-10+. The van der Waals surface area contributed by atoms with Crippen molar-refractivity contribution < 1.29 is 0 Å². The first-order valence-corrected chi connectivity index (χ1v) is 10.4. The highest BCUT2D eigenvalue weighted by molar-refractivity contribution is 9.10. The Morgan fingerprint density at radius 2 is 2.07 bits per heavy atom. The lowest BCUT2D eigenvalue weighted by molar-refractivity contribution is 0.815. The molecule has 1 unspecified atom stereocenters. The molecule has 2 aromatic carbocycles. The Kier molecular flexibility index (Phi) is 4.53. The van der Waals surface area contributed by atoms with Crippen LogP contribution in [0.25, 0.3) is 5.78 Å². The Morgan fingerprint density at radius 1 is 1.14 bits per heavy atom. The summed E-state index contributed by atoms with van der Waals surface area (Å²) in [5.74, 6) is 1.41. The van der Waals surface area contributed by atoms with E-state index in [0.29, 0.717) is 5.78 Å². The van der Waals surface area contributed by atoms with E-state index in [1.54, 1.807) is 27.3 Å². The molecule has 0 bridgehead atoms. The summed E-state index contributed by atoms with van der Waals surface area (Å²) in [5.41, 5.74) is 3.34. The van der Waals surface area contributed by atoms with Crippen LogP contribution in [-0.2, 0) is 5.75 Å². The van der Waals surface area contributed by atoms with E-state index in [9.17, 15) is 0 Å². The molecule has 0 radical (unpaired) electrons. The minimum Gasteiger partial charge on any atom is -0.260 e. The maximum Gasteiger partial charge on any atom is 0.275 e. The molecule has 4 aromatic rings. The van der Waals surface area contributed by atoms with Crippen molar-refractivity contribution in [2.45, 2.75) is 16.8 Å². The molecule has 5 rings (SSSR count). The molecule has 1 aliphatic heterocycles. The summed E-state index contributed by atoms with van der Waals surface area (Å²) < 4.78 is 4.40. The smallest absolute Gasteiger partial charge is 0.260 e. The van der Waals surface area contributed by atoms with E-state index in [0.717, 1.165) is 26.6 Å². The molecule has 0 spiro atoms. The Hall–Kier alpha value is -2.78. The Labute approximate surface area is 173 Å². The number of halogens is 1. The van der Waals surface area contributed by atoms with Crippen LogP contribution < -0.4 is 0 Å². The van der Waals surface area contributed by atoms with Crippen LogP contribution in [0.15, 0.2) is 74.6 Å². The second-order valence-corrected chi connectivity index (χ2v) is 8.07. The molecule has 28 heavy (non-hydrogen) atoms. The first-order chi connectivity index (χ1) is 13.8. The number of aromatic nitrogens is 5. The number of thioether (sulfide) groups is 1. The molecule has 7 nitrogen and oxygen atoms in total. The minimum atomic E-state index is 0.0481. The third kappa shape index (κ3) is 3.27. The lowest BCUT2D eigenvalue weighted by Crippen LogP contribution is -1.99. The van der Waals surface area contributed by atoms with Gasteiger partial charge in [0.1, 0.15) is 6.33 Å². The first kappa shape index (κ1) is 17.3. The molecule has 0 aliphatic carbocycles. The zero-order valence-corrected chi connectivity index (χ0v) is 17.0. The van der Waals surface area contributed by atoms with Gasteiger partial charge in [0.05, 0.1) is 11.6 Å². The summed E-state index contributed by atoms with van der Waals surface area (Å²) in [7, 11) is 0. The predicted octanol–water partition coefficient (Wildman–Crippen LogP) is 4.31. The van der Waals surface area contributed by atoms with Crippen molar-refractivity contribution in [2.75, 3.05) is 0 Å². The second kappa shape index (κ2) is 7.33. The van der Waals surface area contributed by atoms with Crippen LogP contribution >= 0.6 is 27.7 Å². The van der Waals surface area contributed by atoms with E-state index >= 15 is 0 Å². The SMILES string of the molecule is Brc1cccc(CSc2nnc3n(/N=C/C4C=Nc5ccccc54)cnn23)c1. The van der Waals surface area contributed by atoms with Crippen molar-refractivity contribution in [3.8, 4) is 0 Å². The number of hydrogen-bond donors (Lipinski definition) is 0. The lowest BCUT2D eigenvalue weighted by Gasteiger charge is -2.02. The maximum absolute atomic E-state index is 4.52. The van der Waals surface area contributed by atoms with Crippen molar-refractivity contribution in [1.29, 1.82) is 0 Å². The fraction of sp³-hybridized carbons (Fsp3) is 0.105. The quantitative estimate of drug-likeness (QED) is 0.334. The zero-order valence-electron chi connectivity index (χ0n) is 14.6. The van der Waals surface area contributed by atoms with Gasteiger partial charge in [-0.05, 0) is 29.3 Å². The number of benzene rings is 2. The molecule has 1 aliphatic rings. The van der Waals surface area contributed by atoms with Crippen molar-refractivity contribution >= 4 is 51.6 Å². The van der Waals surface area contributed by atoms with Crippen LogP contribution in [-0.4, -0.2) is 36.9 Å². The molecule has 0 amide bonds. The number of hydrogen-bond acceptors (Lipinski definition) is 6.